The Hall–Kier alpha value is -6.28. The Morgan fingerprint density at radius 2 is 1.52 bits per heavy atom. The van der Waals surface area contributed by atoms with Gasteiger partial charge in [-0.2, -0.15) is 0 Å². The van der Waals surface area contributed by atoms with E-state index in [2.05, 4.69) is 15.6 Å². The summed E-state index contributed by atoms with van der Waals surface area (Å²) in [6.07, 6.45) is 0.567. The molecule has 1 aliphatic rings. The van der Waals surface area contributed by atoms with E-state index in [0.29, 0.717) is 32.5 Å². The van der Waals surface area contributed by atoms with Crippen molar-refractivity contribution in [1.29, 1.82) is 0 Å². The third-order valence-corrected chi connectivity index (χ3v) is 12.2. The van der Waals surface area contributed by atoms with Crippen LogP contribution in [0.3, 0.4) is 0 Å². The Balaban J connectivity index is 1.26. The van der Waals surface area contributed by atoms with E-state index in [1.807, 2.05) is 123 Å². The van der Waals surface area contributed by atoms with Crippen LogP contribution in [-0.4, -0.2) is 114 Å². The second kappa shape index (κ2) is 20.3. The number of nitrogens with zero attached hydrogens (tertiary/aromatic N) is 6. The molecule has 1 saturated heterocycles. The lowest BCUT2D eigenvalue weighted by molar-refractivity contribution is -0.131. The van der Waals surface area contributed by atoms with Gasteiger partial charge in [-0.1, -0.05) is 114 Å². The van der Waals surface area contributed by atoms with Crippen molar-refractivity contribution in [3.8, 4) is 11.3 Å². The highest BCUT2D eigenvalue weighted by Crippen LogP contribution is 2.27. The number of nitrogens with one attached hydrogen (secondary N) is 2. The number of amides is 5. The summed E-state index contributed by atoms with van der Waals surface area (Å²) in [5.74, 6) is -0.301. The number of aryl methyl sites for hydroxylation is 1. The van der Waals surface area contributed by atoms with Gasteiger partial charge in [0, 0.05) is 45.0 Å². The first kappa shape index (κ1) is 46.2. The Kier molecular flexibility index (Phi) is 14.9. The molecule has 0 spiro atoms. The van der Waals surface area contributed by atoms with Gasteiger partial charge in [-0.3, -0.25) is 19.5 Å². The molecule has 63 heavy (non-hydrogen) atoms. The van der Waals surface area contributed by atoms with E-state index in [1.165, 1.54) is 7.05 Å². The number of para-hydroxylation sites is 2. The number of carbonyl (C=O) groups excluding carboxylic acids is 3. The first-order valence-electron chi connectivity index (χ1n) is 21.8. The van der Waals surface area contributed by atoms with Crippen LogP contribution in [0.15, 0.2) is 103 Å². The van der Waals surface area contributed by atoms with Gasteiger partial charge in [-0.05, 0) is 66.0 Å². The molecule has 1 aliphatic heterocycles. The van der Waals surface area contributed by atoms with E-state index in [4.69, 9.17) is 4.98 Å². The minimum absolute atomic E-state index is 0.0482. The highest BCUT2D eigenvalue weighted by atomic mass is 16.4. The standard InChI is InChI=1S/C49H62N8O6/c1-8-32(2)43(57-27-26-56(47(57)61)31-42-52-38-19-12-13-20-40(38)54(42)6)45(59)51-36(28-33-16-10-9-11-17-33)30-41(58)39(53-46(60)44(49(3,4)5)55(7)48(62)63)29-34-21-23-35(24-22-34)37-18-14-15-25-50-37/h9-25,32,36,39,41,43-44,58H,8,26-31H2,1-7H3,(H,51,59)(H,53,60)(H,62,63)/t32?,36-,39-,41-,43-,44+/m0/s1. The van der Waals surface area contributed by atoms with E-state index in [9.17, 15) is 29.4 Å². The second-order valence-electron chi connectivity index (χ2n) is 17.9. The fourth-order valence-electron chi connectivity index (χ4n) is 8.68. The summed E-state index contributed by atoms with van der Waals surface area (Å²) < 4.78 is 1.99. The first-order chi connectivity index (χ1) is 30.0. The Labute approximate surface area is 370 Å². The van der Waals surface area contributed by atoms with Crippen LogP contribution < -0.4 is 10.6 Å². The zero-order valence-corrected chi connectivity index (χ0v) is 37.4. The number of carbonyl (C=O) groups is 4. The van der Waals surface area contributed by atoms with Crippen LogP contribution >= 0.6 is 0 Å². The molecule has 0 bridgehead atoms. The first-order valence-corrected chi connectivity index (χ1v) is 21.8. The number of urea groups is 1. The molecule has 2 aromatic heterocycles. The molecular formula is C49H62N8O6. The third-order valence-electron chi connectivity index (χ3n) is 12.2. The monoisotopic (exact) mass is 858 g/mol. The fourth-order valence-corrected chi connectivity index (χ4v) is 8.68. The highest BCUT2D eigenvalue weighted by molar-refractivity contribution is 5.89. The predicted octanol–water partition coefficient (Wildman–Crippen LogP) is 6.52. The van der Waals surface area contributed by atoms with Crippen molar-refractivity contribution in [1.82, 2.24) is 39.9 Å². The van der Waals surface area contributed by atoms with Crippen molar-refractivity contribution in [2.75, 3.05) is 20.1 Å². The summed E-state index contributed by atoms with van der Waals surface area (Å²) in [6.45, 7) is 10.5. The maximum absolute atomic E-state index is 14.7. The van der Waals surface area contributed by atoms with Gasteiger partial charge in [0.15, 0.2) is 0 Å². The zero-order valence-electron chi connectivity index (χ0n) is 37.4. The largest absolute Gasteiger partial charge is 0.465 e. The van der Waals surface area contributed by atoms with Crippen LogP contribution in [0.5, 0.6) is 0 Å². The fraction of sp³-hybridized carbons (Fsp3) is 0.429. The van der Waals surface area contributed by atoms with Crippen LogP contribution in [0.4, 0.5) is 9.59 Å². The number of fused-ring (bicyclic) bond motifs is 1. The van der Waals surface area contributed by atoms with Crippen LogP contribution in [-0.2, 0) is 36.0 Å². The maximum atomic E-state index is 14.7. The molecule has 1 unspecified atom stereocenters. The van der Waals surface area contributed by atoms with Gasteiger partial charge < -0.3 is 35.2 Å². The molecule has 14 nitrogen and oxygen atoms in total. The molecule has 3 aromatic carbocycles. The molecule has 0 radical (unpaired) electrons. The van der Waals surface area contributed by atoms with Crippen molar-refractivity contribution < 1.29 is 29.4 Å². The predicted molar refractivity (Wildman–Crippen MR) is 244 cm³/mol. The van der Waals surface area contributed by atoms with Crippen LogP contribution in [0.25, 0.3) is 22.3 Å². The van der Waals surface area contributed by atoms with Gasteiger partial charge in [-0.15, -0.1) is 0 Å². The summed E-state index contributed by atoms with van der Waals surface area (Å²) >= 11 is 0. The van der Waals surface area contributed by atoms with Gasteiger partial charge >= 0.3 is 12.1 Å². The molecule has 0 aliphatic carbocycles. The molecule has 5 aromatic rings. The normalized spacial score (nSPS) is 16.0. The molecule has 3 heterocycles. The number of aliphatic hydroxyl groups excluding tert-OH is 1. The minimum Gasteiger partial charge on any atom is -0.465 e. The third kappa shape index (κ3) is 11.2. The number of benzene rings is 3. The number of aromatic nitrogens is 3. The quantitative estimate of drug-likeness (QED) is 0.0772. The van der Waals surface area contributed by atoms with E-state index < -0.39 is 47.7 Å². The molecular weight excluding hydrogens is 797 g/mol. The summed E-state index contributed by atoms with van der Waals surface area (Å²) in [6, 6.07) is 27.3. The number of rotatable bonds is 18. The Morgan fingerprint density at radius 1 is 0.857 bits per heavy atom. The van der Waals surface area contributed by atoms with E-state index in [0.717, 1.165) is 44.1 Å². The highest BCUT2D eigenvalue weighted by Gasteiger charge is 2.42. The summed E-state index contributed by atoms with van der Waals surface area (Å²) in [5, 5.41) is 28.5. The smallest absolute Gasteiger partial charge is 0.407 e. The number of pyridine rings is 1. The van der Waals surface area contributed by atoms with Crippen LogP contribution in [0.1, 0.15) is 64.4 Å². The lowest BCUT2D eigenvalue weighted by atomic mass is 9.84. The zero-order chi connectivity index (χ0) is 45.4. The molecule has 334 valence electrons. The van der Waals surface area contributed by atoms with E-state index in [1.54, 1.807) is 36.8 Å². The molecule has 14 heteroatoms. The Morgan fingerprint density at radius 3 is 2.16 bits per heavy atom. The van der Waals surface area contributed by atoms with Gasteiger partial charge in [0.25, 0.3) is 0 Å². The topological polar surface area (TPSA) is 173 Å². The van der Waals surface area contributed by atoms with Crippen molar-refractivity contribution in [3.05, 3.63) is 120 Å². The average Bonchev–Trinajstić information content (AvgIpc) is 3.77. The molecule has 4 N–H and O–H groups in total. The molecule has 1 fully saturated rings. The van der Waals surface area contributed by atoms with Gasteiger partial charge in [0.1, 0.15) is 17.9 Å². The number of likely N-dealkylation sites (N-methyl/N-ethyl adjacent to an activating group) is 1. The van der Waals surface area contributed by atoms with Crippen molar-refractivity contribution in [2.45, 2.75) is 97.1 Å². The average molecular weight is 859 g/mol. The maximum Gasteiger partial charge on any atom is 0.407 e. The van der Waals surface area contributed by atoms with E-state index >= 15 is 0 Å². The minimum atomic E-state index is -1.25. The molecule has 6 rings (SSSR count). The van der Waals surface area contributed by atoms with Gasteiger partial charge in [-0.25, -0.2) is 14.6 Å². The summed E-state index contributed by atoms with van der Waals surface area (Å²) in [4.78, 5) is 68.8. The molecule has 5 amide bonds. The van der Waals surface area contributed by atoms with Gasteiger partial charge in [0.2, 0.25) is 11.8 Å². The number of aliphatic hydroxyl groups is 1. The van der Waals surface area contributed by atoms with E-state index in [-0.39, 0.29) is 30.7 Å². The van der Waals surface area contributed by atoms with Crippen LogP contribution in [0.2, 0.25) is 0 Å². The SMILES string of the molecule is CCC(C)[C@@H](C(=O)N[C@@H](Cc1ccccc1)C[C@H](O)[C@H](Cc1ccc(-c2ccccn2)cc1)NC(=O)[C@@H](N(C)C(=O)O)C(C)(C)C)N1CCN(Cc2nc3ccccc3n2C)C1=O. The summed E-state index contributed by atoms with van der Waals surface area (Å²) in [5.41, 5.74) is 4.52. The molecule has 0 saturated carbocycles. The van der Waals surface area contributed by atoms with Crippen LogP contribution in [0, 0.1) is 11.3 Å². The van der Waals surface area contributed by atoms with Crippen molar-refractivity contribution >= 4 is 35.0 Å². The lowest BCUT2D eigenvalue weighted by Crippen LogP contribution is -2.58. The van der Waals surface area contributed by atoms with Crippen molar-refractivity contribution in [2.24, 2.45) is 18.4 Å². The van der Waals surface area contributed by atoms with Crippen molar-refractivity contribution in [3.63, 3.8) is 0 Å². The number of imidazole rings is 1. The Bertz CT molecular complexity index is 2330. The second-order valence-corrected chi connectivity index (χ2v) is 17.9. The summed E-state index contributed by atoms with van der Waals surface area (Å²) in [7, 11) is 3.30. The number of hydrogen-bond donors (Lipinski definition) is 4. The van der Waals surface area contributed by atoms with Gasteiger partial charge in [0.05, 0.1) is 35.4 Å². The molecule has 6 atom stereocenters. The number of hydrogen-bond acceptors (Lipinski definition) is 7. The number of carboxylic acid groups (broad SMARTS) is 1. The lowest BCUT2D eigenvalue weighted by Gasteiger charge is -2.37.